The third-order valence-electron chi connectivity index (χ3n) is 4.85. The number of methoxy groups -OCH3 is 1. The predicted octanol–water partition coefficient (Wildman–Crippen LogP) is 2.35. The Bertz CT molecular complexity index is 854. The molecule has 0 radical (unpaired) electrons. The van der Waals surface area contributed by atoms with Crippen molar-refractivity contribution in [3.05, 3.63) is 48.4 Å². The van der Waals surface area contributed by atoms with E-state index in [1.807, 2.05) is 6.07 Å². The molecule has 1 aromatic heterocycles. The van der Waals surface area contributed by atoms with E-state index in [9.17, 15) is 13.2 Å². The molecule has 1 amide bonds. The minimum absolute atomic E-state index is 0.0212. The maximum atomic E-state index is 12.8. The molecule has 0 atom stereocenters. The molecule has 0 bridgehead atoms. The third-order valence-corrected chi connectivity index (χ3v) is 6.76. The molecular weight excluding hydrogens is 368 g/mol. The van der Waals surface area contributed by atoms with Gasteiger partial charge >= 0.3 is 0 Å². The molecule has 7 nitrogen and oxygen atoms in total. The average Bonchev–Trinajstić information content (AvgIpc) is 3.20. The summed E-state index contributed by atoms with van der Waals surface area (Å²) < 4.78 is 37.4. The maximum absolute atomic E-state index is 12.8. The number of ether oxygens (including phenoxy) is 1. The van der Waals surface area contributed by atoms with Gasteiger partial charge in [-0.2, -0.15) is 4.31 Å². The molecule has 1 aliphatic heterocycles. The van der Waals surface area contributed by atoms with Gasteiger partial charge < -0.3 is 14.1 Å². The van der Waals surface area contributed by atoms with E-state index in [2.05, 4.69) is 0 Å². The number of amides is 1. The summed E-state index contributed by atoms with van der Waals surface area (Å²) in [7, 11) is -0.282. The van der Waals surface area contributed by atoms with Crippen molar-refractivity contribution in [2.24, 2.45) is 5.92 Å². The first-order chi connectivity index (χ1) is 12.9. The van der Waals surface area contributed by atoms with Crippen molar-refractivity contribution in [2.75, 3.05) is 27.2 Å². The van der Waals surface area contributed by atoms with Crippen LogP contribution in [-0.2, 0) is 21.4 Å². The summed E-state index contributed by atoms with van der Waals surface area (Å²) in [6.07, 6.45) is 2.60. The number of rotatable bonds is 6. The van der Waals surface area contributed by atoms with Crippen molar-refractivity contribution < 1.29 is 22.4 Å². The van der Waals surface area contributed by atoms with E-state index in [-0.39, 0.29) is 16.7 Å². The highest BCUT2D eigenvalue weighted by molar-refractivity contribution is 7.89. The summed E-state index contributed by atoms with van der Waals surface area (Å²) >= 11 is 0. The SMILES string of the molecule is COc1ccc(S(=O)(=O)N2CCC(C(=O)N(C)Cc3ccco3)CC2)cc1. The Morgan fingerprint density at radius 3 is 2.44 bits per heavy atom. The normalized spacial score (nSPS) is 16.2. The standard InChI is InChI=1S/C19H24N2O5S/c1-20(14-17-4-3-13-26-17)19(22)15-9-11-21(12-10-15)27(23,24)18-7-5-16(25-2)6-8-18/h3-8,13,15H,9-12,14H2,1-2H3. The first-order valence-electron chi connectivity index (χ1n) is 8.83. The van der Waals surface area contributed by atoms with Crippen molar-refractivity contribution >= 4 is 15.9 Å². The zero-order chi connectivity index (χ0) is 19.4. The Morgan fingerprint density at radius 2 is 1.89 bits per heavy atom. The van der Waals surface area contributed by atoms with Crippen molar-refractivity contribution in [2.45, 2.75) is 24.3 Å². The van der Waals surface area contributed by atoms with Crippen molar-refractivity contribution in [3.63, 3.8) is 0 Å². The van der Waals surface area contributed by atoms with Crippen molar-refractivity contribution in [3.8, 4) is 5.75 Å². The van der Waals surface area contributed by atoms with Crippen LogP contribution in [0.5, 0.6) is 5.75 Å². The number of nitrogens with zero attached hydrogens (tertiary/aromatic N) is 2. The van der Waals surface area contributed by atoms with Crippen LogP contribution in [0.1, 0.15) is 18.6 Å². The number of carbonyl (C=O) groups is 1. The molecule has 0 saturated carbocycles. The van der Waals surface area contributed by atoms with Gasteiger partial charge in [-0.25, -0.2) is 8.42 Å². The summed E-state index contributed by atoms with van der Waals surface area (Å²) in [6.45, 7) is 1.08. The van der Waals surface area contributed by atoms with Crippen LogP contribution in [0.25, 0.3) is 0 Å². The molecule has 0 unspecified atom stereocenters. The Kier molecular flexibility index (Phi) is 5.86. The highest BCUT2D eigenvalue weighted by Crippen LogP contribution is 2.26. The fraction of sp³-hybridized carbons (Fsp3) is 0.421. The summed E-state index contributed by atoms with van der Waals surface area (Å²) in [6, 6.07) is 9.97. The summed E-state index contributed by atoms with van der Waals surface area (Å²) in [5.41, 5.74) is 0. The minimum Gasteiger partial charge on any atom is -0.497 e. The van der Waals surface area contributed by atoms with E-state index >= 15 is 0 Å². The Balaban J connectivity index is 1.59. The van der Waals surface area contributed by atoms with Crippen LogP contribution in [0.2, 0.25) is 0 Å². The number of furan rings is 1. The van der Waals surface area contributed by atoms with E-state index in [0.29, 0.717) is 38.2 Å². The maximum Gasteiger partial charge on any atom is 0.243 e. The van der Waals surface area contributed by atoms with Gasteiger partial charge in [-0.05, 0) is 49.2 Å². The van der Waals surface area contributed by atoms with Gasteiger partial charge in [0.2, 0.25) is 15.9 Å². The largest absolute Gasteiger partial charge is 0.497 e. The second-order valence-corrected chi connectivity index (χ2v) is 8.57. The number of carbonyl (C=O) groups excluding carboxylic acids is 1. The number of sulfonamides is 1. The van der Waals surface area contributed by atoms with Gasteiger partial charge in [0, 0.05) is 26.1 Å². The van der Waals surface area contributed by atoms with Crippen LogP contribution in [0.3, 0.4) is 0 Å². The van der Waals surface area contributed by atoms with Gasteiger partial charge in [0.1, 0.15) is 11.5 Å². The summed E-state index contributed by atoms with van der Waals surface area (Å²) in [5.74, 6) is 1.18. The number of hydrogen-bond donors (Lipinski definition) is 0. The quantitative estimate of drug-likeness (QED) is 0.754. The lowest BCUT2D eigenvalue weighted by Crippen LogP contribution is -2.43. The molecule has 0 N–H and O–H groups in total. The molecule has 2 heterocycles. The molecule has 0 aliphatic carbocycles. The van der Waals surface area contributed by atoms with Gasteiger partial charge in [0.15, 0.2) is 0 Å². The van der Waals surface area contributed by atoms with Gasteiger partial charge in [-0.15, -0.1) is 0 Å². The fourth-order valence-corrected chi connectivity index (χ4v) is 4.74. The van der Waals surface area contributed by atoms with Crippen molar-refractivity contribution in [1.29, 1.82) is 0 Å². The lowest BCUT2D eigenvalue weighted by atomic mass is 9.96. The lowest BCUT2D eigenvalue weighted by Gasteiger charge is -2.32. The van der Waals surface area contributed by atoms with Gasteiger partial charge in [-0.3, -0.25) is 4.79 Å². The topological polar surface area (TPSA) is 80.1 Å². The molecule has 1 saturated heterocycles. The smallest absolute Gasteiger partial charge is 0.243 e. The van der Waals surface area contributed by atoms with E-state index in [4.69, 9.17) is 9.15 Å². The monoisotopic (exact) mass is 392 g/mol. The van der Waals surface area contributed by atoms with Gasteiger partial charge in [-0.1, -0.05) is 0 Å². The molecule has 1 aromatic carbocycles. The number of piperidine rings is 1. The minimum atomic E-state index is -3.56. The predicted molar refractivity (Wildman–Crippen MR) is 99.7 cm³/mol. The van der Waals surface area contributed by atoms with Gasteiger partial charge in [0.25, 0.3) is 0 Å². The van der Waals surface area contributed by atoms with Crippen LogP contribution in [0.15, 0.2) is 52.0 Å². The van der Waals surface area contributed by atoms with E-state index < -0.39 is 10.0 Å². The van der Waals surface area contributed by atoms with Crippen molar-refractivity contribution in [1.82, 2.24) is 9.21 Å². The molecule has 146 valence electrons. The highest BCUT2D eigenvalue weighted by atomic mass is 32.2. The Labute approximate surface area is 159 Å². The Morgan fingerprint density at radius 1 is 1.22 bits per heavy atom. The molecular formula is C19H24N2O5S. The van der Waals surface area contributed by atoms with Crippen LogP contribution < -0.4 is 4.74 Å². The number of hydrogen-bond acceptors (Lipinski definition) is 5. The van der Waals surface area contributed by atoms with Gasteiger partial charge in [0.05, 0.1) is 24.8 Å². The molecule has 3 rings (SSSR count). The third kappa shape index (κ3) is 4.33. The molecule has 1 fully saturated rings. The first kappa shape index (κ1) is 19.4. The first-order valence-corrected chi connectivity index (χ1v) is 10.3. The van der Waals surface area contributed by atoms with Crippen LogP contribution >= 0.6 is 0 Å². The zero-order valence-electron chi connectivity index (χ0n) is 15.5. The average molecular weight is 392 g/mol. The molecule has 0 spiro atoms. The van der Waals surface area contributed by atoms with Crippen LogP contribution in [-0.4, -0.2) is 50.8 Å². The highest BCUT2D eigenvalue weighted by Gasteiger charge is 2.33. The second-order valence-electron chi connectivity index (χ2n) is 6.63. The lowest BCUT2D eigenvalue weighted by molar-refractivity contribution is -0.136. The van der Waals surface area contributed by atoms with E-state index in [1.54, 1.807) is 48.5 Å². The van der Waals surface area contributed by atoms with E-state index in [0.717, 1.165) is 5.76 Å². The molecule has 2 aromatic rings. The van der Waals surface area contributed by atoms with Crippen LogP contribution in [0.4, 0.5) is 0 Å². The molecule has 8 heteroatoms. The summed E-state index contributed by atoms with van der Waals surface area (Å²) in [5, 5.41) is 0. The summed E-state index contributed by atoms with van der Waals surface area (Å²) in [4.78, 5) is 14.5. The second kappa shape index (κ2) is 8.14. The zero-order valence-corrected chi connectivity index (χ0v) is 16.3. The fourth-order valence-electron chi connectivity index (χ4n) is 3.27. The Hall–Kier alpha value is -2.32. The molecule has 1 aliphatic rings. The molecule has 27 heavy (non-hydrogen) atoms. The number of benzene rings is 1. The van der Waals surface area contributed by atoms with E-state index in [1.165, 1.54) is 11.4 Å². The van der Waals surface area contributed by atoms with Crippen LogP contribution in [0, 0.1) is 5.92 Å².